The smallest absolute Gasteiger partial charge is 0.253 e. The highest BCUT2D eigenvalue weighted by molar-refractivity contribution is 6.14. The molecule has 0 radical (unpaired) electrons. The van der Waals surface area contributed by atoms with E-state index in [0.717, 1.165) is 0 Å². The van der Waals surface area contributed by atoms with Crippen LogP contribution in [0.25, 0.3) is 0 Å². The van der Waals surface area contributed by atoms with Gasteiger partial charge < -0.3 is 10.2 Å². The molecule has 1 saturated heterocycles. The minimum atomic E-state index is -0.390. The van der Waals surface area contributed by atoms with Crippen molar-refractivity contribution in [2.45, 2.75) is 13.0 Å². The summed E-state index contributed by atoms with van der Waals surface area (Å²) >= 11 is 0. The van der Waals surface area contributed by atoms with E-state index in [-0.39, 0.29) is 23.6 Å². The van der Waals surface area contributed by atoms with E-state index >= 15 is 0 Å². The molecule has 6 nitrogen and oxygen atoms in total. The molecule has 33 heavy (non-hydrogen) atoms. The first-order valence-electron chi connectivity index (χ1n) is 11.1. The maximum atomic E-state index is 13.0. The van der Waals surface area contributed by atoms with Crippen LogP contribution in [0.5, 0.6) is 0 Å². The molecule has 0 aliphatic carbocycles. The van der Waals surface area contributed by atoms with Crippen LogP contribution in [-0.4, -0.2) is 59.6 Å². The van der Waals surface area contributed by atoms with E-state index in [1.165, 1.54) is 0 Å². The molecule has 1 fully saturated rings. The molecule has 1 N–H and O–H groups in total. The Morgan fingerprint density at radius 3 is 1.91 bits per heavy atom. The van der Waals surface area contributed by atoms with E-state index in [2.05, 4.69) is 10.2 Å². The summed E-state index contributed by atoms with van der Waals surface area (Å²) in [6, 6.07) is 24.9. The molecule has 1 unspecified atom stereocenters. The standard InChI is InChI=1S/C27H27N3O3/c1-20(29-16-18-30(19-17-29)27(33)22-12-6-3-7-13-22)26(32)28-24-15-9-8-14-23(24)25(31)21-10-4-2-5-11-21/h2-15,20H,16-19H2,1H3,(H,28,32). The van der Waals surface area contributed by atoms with E-state index in [1.54, 1.807) is 36.4 Å². The molecular formula is C27H27N3O3. The number of amides is 2. The topological polar surface area (TPSA) is 69.7 Å². The number of piperazine rings is 1. The van der Waals surface area contributed by atoms with Gasteiger partial charge >= 0.3 is 0 Å². The third-order valence-electron chi connectivity index (χ3n) is 6.01. The Hall–Kier alpha value is -3.77. The summed E-state index contributed by atoms with van der Waals surface area (Å²) in [6.45, 7) is 4.20. The zero-order valence-corrected chi connectivity index (χ0v) is 18.6. The van der Waals surface area contributed by atoms with Crippen LogP contribution in [0.1, 0.15) is 33.2 Å². The van der Waals surface area contributed by atoms with Crippen LogP contribution in [0.3, 0.4) is 0 Å². The number of carbonyl (C=O) groups excluding carboxylic acids is 3. The van der Waals surface area contributed by atoms with Gasteiger partial charge in [-0.1, -0.05) is 60.7 Å². The van der Waals surface area contributed by atoms with Gasteiger partial charge in [0.15, 0.2) is 5.78 Å². The van der Waals surface area contributed by atoms with Crippen molar-refractivity contribution in [1.82, 2.24) is 9.80 Å². The number of ketones is 1. The summed E-state index contributed by atoms with van der Waals surface area (Å²) in [4.78, 5) is 42.5. The third-order valence-corrected chi connectivity index (χ3v) is 6.01. The Bertz CT molecular complexity index is 1120. The van der Waals surface area contributed by atoms with Crippen molar-refractivity contribution < 1.29 is 14.4 Å². The highest BCUT2D eigenvalue weighted by atomic mass is 16.2. The summed E-state index contributed by atoms with van der Waals surface area (Å²) in [7, 11) is 0. The molecule has 0 aromatic heterocycles. The number of carbonyl (C=O) groups is 3. The van der Waals surface area contributed by atoms with E-state index in [0.29, 0.717) is 48.6 Å². The highest BCUT2D eigenvalue weighted by Crippen LogP contribution is 2.20. The minimum absolute atomic E-state index is 0.0145. The second-order valence-electron chi connectivity index (χ2n) is 8.10. The molecule has 2 amide bonds. The molecule has 3 aromatic carbocycles. The number of nitrogens with zero attached hydrogens (tertiary/aromatic N) is 2. The van der Waals surface area contributed by atoms with Crippen molar-refractivity contribution in [3.05, 3.63) is 102 Å². The summed E-state index contributed by atoms with van der Waals surface area (Å²) < 4.78 is 0. The first-order chi connectivity index (χ1) is 16.0. The molecule has 1 heterocycles. The number of benzene rings is 3. The molecule has 168 valence electrons. The van der Waals surface area contributed by atoms with Crippen LogP contribution in [0, 0.1) is 0 Å². The lowest BCUT2D eigenvalue weighted by molar-refractivity contribution is -0.121. The Morgan fingerprint density at radius 1 is 0.727 bits per heavy atom. The van der Waals surface area contributed by atoms with Crippen LogP contribution in [-0.2, 0) is 4.79 Å². The SMILES string of the molecule is CC(C(=O)Nc1ccccc1C(=O)c1ccccc1)N1CCN(C(=O)c2ccccc2)CC1. The molecule has 6 heteroatoms. The summed E-state index contributed by atoms with van der Waals surface area (Å²) in [5.41, 5.74) is 2.21. The van der Waals surface area contributed by atoms with Crippen LogP contribution in [0.15, 0.2) is 84.9 Å². The second kappa shape index (κ2) is 10.2. The monoisotopic (exact) mass is 441 g/mol. The number of hydrogen-bond acceptors (Lipinski definition) is 4. The molecule has 0 bridgehead atoms. The quantitative estimate of drug-likeness (QED) is 0.592. The van der Waals surface area contributed by atoms with Crippen molar-refractivity contribution in [2.24, 2.45) is 0 Å². The van der Waals surface area contributed by atoms with E-state index in [1.807, 2.05) is 60.4 Å². The summed E-state index contributed by atoms with van der Waals surface area (Å²) in [5.74, 6) is -0.293. The van der Waals surface area contributed by atoms with Gasteiger partial charge in [0.25, 0.3) is 5.91 Å². The minimum Gasteiger partial charge on any atom is -0.336 e. The van der Waals surface area contributed by atoms with Gasteiger partial charge in [-0.3, -0.25) is 19.3 Å². The van der Waals surface area contributed by atoms with Gasteiger partial charge in [0.2, 0.25) is 5.91 Å². The fraction of sp³-hybridized carbons (Fsp3) is 0.222. The Morgan fingerprint density at radius 2 is 1.27 bits per heavy atom. The molecule has 4 rings (SSSR count). The van der Waals surface area contributed by atoms with Crippen LogP contribution < -0.4 is 5.32 Å². The summed E-state index contributed by atoms with van der Waals surface area (Å²) in [5, 5.41) is 2.94. The number of para-hydroxylation sites is 1. The van der Waals surface area contributed by atoms with Gasteiger partial charge in [-0.05, 0) is 31.2 Å². The maximum Gasteiger partial charge on any atom is 0.253 e. The molecule has 3 aromatic rings. The molecule has 0 spiro atoms. The Kier molecular flexibility index (Phi) is 6.95. The average molecular weight is 442 g/mol. The number of anilines is 1. The zero-order chi connectivity index (χ0) is 23.2. The predicted octanol–water partition coefficient (Wildman–Crippen LogP) is 3.70. The number of nitrogens with one attached hydrogen (secondary N) is 1. The molecule has 1 aliphatic heterocycles. The zero-order valence-electron chi connectivity index (χ0n) is 18.6. The van der Waals surface area contributed by atoms with Gasteiger partial charge in [0.05, 0.1) is 11.7 Å². The van der Waals surface area contributed by atoms with Crippen LogP contribution >= 0.6 is 0 Å². The molecule has 1 atom stereocenters. The molecule has 0 saturated carbocycles. The molecule has 1 aliphatic rings. The van der Waals surface area contributed by atoms with Gasteiger partial charge in [-0.25, -0.2) is 0 Å². The predicted molar refractivity (Wildman–Crippen MR) is 128 cm³/mol. The van der Waals surface area contributed by atoms with Gasteiger partial charge in [0.1, 0.15) is 0 Å². The van der Waals surface area contributed by atoms with E-state index in [4.69, 9.17) is 0 Å². The fourth-order valence-corrected chi connectivity index (χ4v) is 4.01. The lowest BCUT2D eigenvalue weighted by atomic mass is 10.0. The Labute approximate surface area is 193 Å². The van der Waals surface area contributed by atoms with Crippen molar-refractivity contribution in [3.63, 3.8) is 0 Å². The van der Waals surface area contributed by atoms with E-state index in [9.17, 15) is 14.4 Å². The first-order valence-corrected chi connectivity index (χ1v) is 11.1. The van der Waals surface area contributed by atoms with Crippen molar-refractivity contribution >= 4 is 23.3 Å². The second-order valence-corrected chi connectivity index (χ2v) is 8.10. The summed E-state index contributed by atoms with van der Waals surface area (Å²) in [6.07, 6.45) is 0. The average Bonchev–Trinajstić information content (AvgIpc) is 2.89. The fourth-order valence-electron chi connectivity index (χ4n) is 4.01. The normalized spacial score (nSPS) is 15.0. The maximum absolute atomic E-state index is 13.0. The molecular weight excluding hydrogens is 414 g/mol. The third kappa shape index (κ3) is 5.18. The number of hydrogen-bond donors (Lipinski definition) is 1. The lowest BCUT2D eigenvalue weighted by Crippen LogP contribution is -2.54. The largest absolute Gasteiger partial charge is 0.336 e. The van der Waals surface area contributed by atoms with E-state index < -0.39 is 0 Å². The highest BCUT2D eigenvalue weighted by Gasteiger charge is 2.28. The Balaban J connectivity index is 1.38. The van der Waals surface area contributed by atoms with Gasteiger partial charge in [0, 0.05) is 42.9 Å². The van der Waals surface area contributed by atoms with Gasteiger partial charge in [-0.15, -0.1) is 0 Å². The number of rotatable bonds is 6. The first kappa shape index (κ1) is 22.4. The van der Waals surface area contributed by atoms with Crippen molar-refractivity contribution in [2.75, 3.05) is 31.5 Å². The van der Waals surface area contributed by atoms with Gasteiger partial charge in [-0.2, -0.15) is 0 Å². The van der Waals surface area contributed by atoms with Crippen LogP contribution in [0.4, 0.5) is 5.69 Å². The van der Waals surface area contributed by atoms with Crippen LogP contribution in [0.2, 0.25) is 0 Å². The van der Waals surface area contributed by atoms with Crippen molar-refractivity contribution in [1.29, 1.82) is 0 Å². The van der Waals surface area contributed by atoms with Crippen molar-refractivity contribution in [3.8, 4) is 0 Å². The lowest BCUT2D eigenvalue weighted by Gasteiger charge is -2.37.